The molecule has 0 unspecified atom stereocenters. The zero-order valence-electron chi connectivity index (χ0n) is 13.3. The lowest BCUT2D eigenvalue weighted by atomic mass is 10.1. The minimum Gasteiger partial charge on any atom is -0.463 e. The monoisotopic (exact) mass is 363 g/mol. The van der Waals surface area contributed by atoms with Crippen molar-refractivity contribution < 1.29 is 14.3 Å². The average Bonchev–Trinajstić information content (AvgIpc) is 2.58. The zero-order chi connectivity index (χ0) is 17.4. The molecule has 2 rings (SSSR count). The Morgan fingerprint density at radius 2 is 1.92 bits per heavy atom. The molecule has 0 saturated carbocycles. The number of thioether (sulfide) groups is 1. The smallest absolute Gasteiger partial charge is 0.325 e. The first kappa shape index (κ1) is 18.4. The molecule has 1 N–H and O–H groups in total. The summed E-state index contributed by atoms with van der Waals surface area (Å²) in [5, 5.41) is 3.25. The van der Waals surface area contributed by atoms with Crippen molar-refractivity contribution >= 4 is 35.2 Å². The minimum absolute atomic E-state index is 0.140. The van der Waals surface area contributed by atoms with Crippen LogP contribution in [0.2, 0.25) is 5.02 Å². The number of benzene rings is 2. The first-order valence-electron chi connectivity index (χ1n) is 7.43. The Kier molecular flexibility index (Phi) is 7.15. The van der Waals surface area contributed by atoms with E-state index >= 15 is 0 Å². The third-order valence-electron chi connectivity index (χ3n) is 3.10. The number of ether oxygens (including phenoxy) is 1. The van der Waals surface area contributed by atoms with Gasteiger partial charge in [0.25, 0.3) is 5.91 Å². The van der Waals surface area contributed by atoms with Crippen LogP contribution >= 0.6 is 23.4 Å². The van der Waals surface area contributed by atoms with E-state index in [2.05, 4.69) is 5.32 Å². The molecule has 0 heterocycles. The van der Waals surface area contributed by atoms with Gasteiger partial charge >= 0.3 is 5.97 Å². The SMILES string of the molecule is Cc1cccc(C(=O)NCC(=O)OCCSc2ccc(Cl)cc2)c1. The van der Waals surface area contributed by atoms with Crippen molar-refractivity contribution in [2.45, 2.75) is 11.8 Å². The average molecular weight is 364 g/mol. The Labute approximate surface area is 150 Å². The molecule has 0 aliphatic rings. The Hall–Kier alpha value is -1.98. The van der Waals surface area contributed by atoms with Crippen molar-refractivity contribution in [1.82, 2.24) is 5.32 Å². The first-order valence-corrected chi connectivity index (χ1v) is 8.80. The molecule has 2 aromatic rings. The predicted octanol–water partition coefficient (Wildman–Crippen LogP) is 3.71. The number of carbonyl (C=O) groups excluding carboxylic acids is 2. The van der Waals surface area contributed by atoms with Crippen LogP contribution in [-0.4, -0.2) is 30.8 Å². The largest absolute Gasteiger partial charge is 0.463 e. The minimum atomic E-state index is -0.451. The number of esters is 1. The maximum Gasteiger partial charge on any atom is 0.325 e. The molecule has 0 fully saturated rings. The van der Waals surface area contributed by atoms with E-state index in [0.717, 1.165) is 10.5 Å². The molecular weight excluding hydrogens is 346 g/mol. The summed E-state index contributed by atoms with van der Waals surface area (Å²) in [6, 6.07) is 14.6. The van der Waals surface area contributed by atoms with Crippen LogP contribution in [0.4, 0.5) is 0 Å². The molecule has 0 atom stereocenters. The summed E-state index contributed by atoms with van der Waals surface area (Å²) in [6.45, 7) is 2.05. The molecule has 0 aliphatic heterocycles. The maximum atomic E-state index is 11.9. The number of aryl methyl sites for hydroxylation is 1. The Morgan fingerprint density at radius 1 is 1.17 bits per heavy atom. The lowest BCUT2D eigenvalue weighted by Crippen LogP contribution is -2.31. The third-order valence-corrected chi connectivity index (χ3v) is 4.33. The van der Waals surface area contributed by atoms with Crippen LogP contribution in [0, 0.1) is 6.92 Å². The molecular formula is C18H18ClNO3S. The molecule has 4 nitrogen and oxygen atoms in total. The summed E-state index contributed by atoms with van der Waals surface area (Å²) < 4.78 is 5.10. The fourth-order valence-corrected chi connectivity index (χ4v) is 2.79. The number of amides is 1. The van der Waals surface area contributed by atoms with Gasteiger partial charge in [0.05, 0.1) is 0 Å². The zero-order valence-corrected chi connectivity index (χ0v) is 14.8. The number of hydrogen-bond donors (Lipinski definition) is 1. The second-order valence-electron chi connectivity index (χ2n) is 5.08. The van der Waals surface area contributed by atoms with Gasteiger partial charge in [-0.2, -0.15) is 0 Å². The highest BCUT2D eigenvalue weighted by molar-refractivity contribution is 7.99. The topological polar surface area (TPSA) is 55.4 Å². The fraction of sp³-hybridized carbons (Fsp3) is 0.222. The predicted molar refractivity (Wildman–Crippen MR) is 96.6 cm³/mol. The van der Waals surface area contributed by atoms with Crippen LogP contribution in [0.15, 0.2) is 53.4 Å². The van der Waals surface area contributed by atoms with Crippen LogP contribution in [-0.2, 0) is 9.53 Å². The van der Waals surface area contributed by atoms with Crippen molar-refractivity contribution in [3.8, 4) is 0 Å². The second-order valence-corrected chi connectivity index (χ2v) is 6.68. The van der Waals surface area contributed by atoms with Gasteiger partial charge < -0.3 is 10.1 Å². The molecule has 0 saturated heterocycles. The van der Waals surface area contributed by atoms with Crippen LogP contribution in [0.1, 0.15) is 15.9 Å². The van der Waals surface area contributed by atoms with E-state index in [4.69, 9.17) is 16.3 Å². The summed E-state index contributed by atoms with van der Waals surface area (Å²) in [4.78, 5) is 24.6. The molecule has 0 bridgehead atoms. The van der Waals surface area contributed by atoms with Crippen LogP contribution < -0.4 is 5.32 Å². The third kappa shape index (κ3) is 6.26. The van der Waals surface area contributed by atoms with E-state index in [1.807, 2.05) is 37.3 Å². The highest BCUT2D eigenvalue weighted by atomic mass is 35.5. The molecule has 0 aliphatic carbocycles. The summed E-state index contributed by atoms with van der Waals surface area (Å²) >= 11 is 7.39. The second kappa shape index (κ2) is 9.35. The molecule has 0 aromatic heterocycles. The number of nitrogens with one attached hydrogen (secondary N) is 1. The lowest BCUT2D eigenvalue weighted by molar-refractivity contribution is -0.141. The Bertz CT molecular complexity index is 704. The van der Waals surface area contributed by atoms with Crippen molar-refractivity contribution in [3.63, 3.8) is 0 Å². The van der Waals surface area contributed by atoms with Gasteiger partial charge in [0.15, 0.2) is 0 Å². The van der Waals surface area contributed by atoms with Gasteiger partial charge in [-0.25, -0.2) is 0 Å². The number of rotatable bonds is 7. The summed E-state index contributed by atoms with van der Waals surface area (Å²) in [5.74, 6) is -0.0990. The van der Waals surface area contributed by atoms with Gasteiger partial charge in [0.1, 0.15) is 13.2 Å². The Morgan fingerprint density at radius 3 is 2.62 bits per heavy atom. The standard InChI is InChI=1S/C18H18ClNO3S/c1-13-3-2-4-14(11-13)18(22)20-12-17(21)23-9-10-24-16-7-5-15(19)6-8-16/h2-8,11H,9-10,12H2,1H3,(H,20,22). The van der Waals surface area contributed by atoms with Gasteiger partial charge in [-0.05, 0) is 43.3 Å². The van der Waals surface area contributed by atoms with Gasteiger partial charge in [0, 0.05) is 21.2 Å². The van der Waals surface area contributed by atoms with E-state index in [1.165, 1.54) is 0 Å². The van der Waals surface area contributed by atoms with E-state index in [9.17, 15) is 9.59 Å². The van der Waals surface area contributed by atoms with Crippen molar-refractivity contribution in [3.05, 3.63) is 64.7 Å². The summed E-state index contributed by atoms with van der Waals surface area (Å²) in [7, 11) is 0. The molecule has 126 valence electrons. The molecule has 24 heavy (non-hydrogen) atoms. The lowest BCUT2D eigenvalue weighted by Gasteiger charge is -2.07. The molecule has 1 amide bonds. The van der Waals surface area contributed by atoms with Crippen LogP contribution in [0.25, 0.3) is 0 Å². The summed E-state index contributed by atoms with van der Waals surface area (Å²) in [5.41, 5.74) is 1.52. The maximum absolute atomic E-state index is 11.9. The van der Waals surface area contributed by atoms with Crippen molar-refractivity contribution in [1.29, 1.82) is 0 Å². The molecule has 0 radical (unpaired) electrons. The van der Waals surface area contributed by atoms with Gasteiger partial charge in [-0.15, -0.1) is 11.8 Å². The highest BCUT2D eigenvalue weighted by Gasteiger charge is 2.08. The van der Waals surface area contributed by atoms with E-state index in [-0.39, 0.29) is 19.1 Å². The van der Waals surface area contributed by atoms with Crippen molar-refractivity contribution in [2.75, 3.05) is 18.9 Å². The number of hydrogen-bond acceptors (Lipinski definition) is 4. The highest BCUT2D eigenvalue weighted by Crippen LogP contribution is 2.19. The van der Waals surface area contributed by atoms with E-state index in [1.54, 1.807) is 30.0 Å². The molecule has 0 spiro atoms. The molecule has 2 aromatic carbocycles. The van der Waals surface area contributed by atoms with Gasteiger partial charge in [-0.3, -0.25) is 9.59 Å². The quantitative estimate of drug-likeness (QED) is 0.463. The van der Waals surface area contributed by atoms with Gasteiger partial charge in [0.2, 0.25) is 0 Å². The molecule has 6 heteroatoms. The summed E-state index contributed by atoms with van der Waals surface area (Å²) in [6.07, 6.45) is 0. The van der Waals surface area contributed by atoms with Crippen LogP contribution in [0.5, 0.6) is 0 Å². The fourth-order valence-electron chi connectivity index (χ4n) is 1.94. The van der Waals surface area contributed by atoms with Crippen molar-refractivity contribution in [2.24, 2.45) is 0 Å². The normalized spacial score (nSPS) is 10.2. The number of carbonyl (C=O) groups is 2. The van der Waals surface area contributed by atoms with E-state index < -0.39 is 5.97 Å². The Balaban J connectivity index is 1.64. The van der Waals surface area contributed by atoms with E-state index in [0.29, 0.717) is 16.3 Å². The first-order chi connectivity index (χ1) is 11.5. The van der Waals surface area contributed by atoms with Crippen LogP contribution in [0.3, 0.4) is 0 Å². The number of halogens is 1. The van der Waals surface area contributed by atoms with Gasteiger partial charge in [-0.1, -0.05) is 29.3 Å².